The van der Waals surface area contributed by atoms with Gasteiger partial charge in [0.15, 0.2) is 0 Å². The average molecular weight is 433 g/mol. The molecule has 1 aliphatic rings. The standard InChI is InChI=1S/C20H24N4O5S/c1-29-17-9-8-14(11-18(17)30(27,28)24-15-5-2-3-6-15)20(26)22-13-19(25)23-16-7-4-10-21-12-16/h4,7-12,15,24H,2-3,5-6,13H2,1H3,(H,22,26)(H,23,25). The molecule has 9 nitrogen and oxygen atoms in total. The van der Waals surface area contributed by atoms with Gasteiger partial charge in [-0.2, -0.15) is 0 Å². The summed E-state index contributed by atoms with van der Waals surface area (Å²) in [5.41, 5.74) is 0.615. The Hall–Kier alpha value is -2.98. The van der Waals surface area contributed by atoms with Crippen molar-refractivity contribution in [2.45, 2.75) is 36.6 Å². The summed E-state index contributed by atoms with van der Waals surface area (Å²) in [6, 6.07) is 7.35. The van der Waals surface area contributed by atoms with Gasteiger partial charge in [-0.05, 0) is 43.2 Å². The third kappa shape index (κ3) is 5.55. The second kappa shape index (κ2) is 9.68. The average Bonchev–Trinajstić information content (AvgIpc) is 3.24. The van der Waals surface area contributed by atoms with Crippen molar-refractivity contribution < 1.29 is 22.7 Å². The van der Waals surface area contributed by atoms with E-state index in [1.165, 1.54) is 31.5 Å². The highest BCUT2D eigenvalue weighted by Crippen LogP contribution is 2.27. The lowest BCUT2D eigenvalue weighted by atomic mass is 10.2. The molecule has 10 heteroatoms. The van der Waals surface area contributed by atoms with E-state index >= 15 is 0 Å². The van der Waals surface area contributed by atoms with Crippen LogP contribution < -0.4 is 20.1 Å². The van der Waals surface area contributed by atoms with Crippen LogP contribution >= 0.6 is 0 Å². The quantitative estimate of drug-likeness (QED) is 0.583. The van der Waals surface area contributed by atoms with Gasteiger partial charge in [-0.15, -0.1) is 0 Å². The molecule has 1 saturated carbocycles. The molecule has 1 aliphatic carbocycles. The van der Waals surface area contributed by atoms with E-state index in [1.807, 2.05) is 0 Å². The number of carbonyl (C=O) groups is 2. The number of hydrogen-bond acceptors (Lipinski definition) is 6. The zero-order valence-electron chi connectivity index (χ0n) is 16.6. The SMILES string of the molecule is COc1ccc(C(=O)NCC(=O)Nc2cccnc2)cc1S(=O)(=O)NC1CCCC1. The Kier molecular flexibility index (Phi) is 7.01. The van der Waals surface area contributed by atoms with E-state index in [9.17, 15) is 18.0 Å². The van der Waals surface area contributed by atoms with Gasteiger partial charge in [0.25, 0.3) is 5.91 Å². The van der Waals surface area contributed by atoms with Gasteiger partial charge >= 0.3 is 0 Å². The first-order valence-electron chi connectivity index (χ1n) is 9.57. The largest absolute Gasteiger partial charge is 0.495 e. The molecule has 3 N–H and O–H groups in total. The fraction of sp³-hybridized carbons (Fsp3) is 0.350. The summed E-state index contributed by atoms with van der Waals surface area (Å²) < 4.78 is 33.5. The molecule has 0 aliphatic heterocycles. The van der Waals surface area contributed by atoms with Crippen molar-refractivity contribution in [1.29, 1.82) is 0 Å². The lowest BCUT2D eigenvalue weighted by molar-refractivity contribution is -0.115. The van der Waals surface area contributed by atoms with Gasteiger partial charge in [0, 0.05) is 17.8 Å². The number of ether oxygens (including phenoxy) is 1. The number of benzene rings is 1. The van der Waals surface area contributed by atoms with Crippen LogP contribution in [0.3, 0.4) is 0 Å². The molecule has 2 aromatic rings. The number of nitrogens with one attached hydrogen (secondary N) is 3. The van der Waals surface area contributed by atoms with E-state index in [1.54, 1.807) is 18.3 Å². The first-order valence-corrected chi connectivity index (χ1v) is 11.1. The zero-order chi connectivity index (χ0) is 21.6. The highest BCUT2D eigenvalue weighted by molar-refractivity contribution is 7.89. The lowest BCUT2D eigenvalue weighted by Crippen LogP contribution is -2.34. The van der Waals surface area contributed by atoms with Gasteiger partial charge in [-0.25, -0.2) is 13.1 Å². The summed E-state index contributed by atoms with van der Waals surface area (Å²) in [5.74, 6) is -0.858. The van der Waals surface area contributed by atoms with Crippen molar-refractivity contribution >= 4 is 27.5 Å². The maximum atomic E-state index is 12.8. The number of sulfonamides is 1. The molecule has 30 heavy (non-hydrogen) atoms. The molecule has 0 saturated heterocycles. The second-order valence-corrected chi connectivity index (χ2v) is 8.62. The minimum atomic E-state index is -3.86. The van der Waals surface area contributed by atoms with Crippen LogP contribution in [-0.2, 0) is 14.8 Å². The van der Waals surface area contributed by atoms with Crippen molar-refractivity contribution in [2.75, 3.05) is 19.0 Å². The molecular formula is C20H24N4O5S. The van der Waals surface area contributed by atoms with E-state index in [0.717, 1.165) is 25.7 Å². The Bertz CT molecular complexity index is 1010. The van der Waals surface area contributed by atoms with Gasteiger partial charge < -0.3 is 15.4 Å². The summed E-state index contributed by atoms with van der Waals surface area (Å²) in [6.07, 6.45) is 6.59. The summed E-state index contributed by atoms with van der Waals surface area (Å²) in [6.45, 7) is -0.276. The maximum absolute atomic E-state index is 12.8. The molecule has 1 fully saturated rings. The van der Waals surface area contributed by atoms with Crippen LogP contribution in [0.2, 0.25) is 0 Å². The predicted octanol–water partition coefficient (Wildman–Crippen LogP) is 1.68. The normalized spacial score (nSPS) is 14.3. The second-order valence-electron chi connectivity index (χ2n) is 6.94. The smallest absolute Gasteiger partial charge is 0.251 e. The molecule has 1 aromatic carbocycles. The predicted molar refractivity (Wildman–Crippen MR) is 111 cm³/mol. The minimum Gasteiger partial charge on any atom is -0.495 e. The molecule has 0 radical (unpaired) electrons. The fourth-order valence-electron chi connectivity index (χ4n) is 3.26. The van der Waals surface area contributed by atoms with Crippen LogP contribution in [0.1, 0.15) is 36.0 Å². The highest BCUT2D eigenvalue weighted by Gasteiger charge is 2.26. The third-order valence-corrected chi connectivity index (χ3v) is 6.29. The first kappa shape index (κ1) is 21.7. The van der Waals surface area contributed by atoms with Crippen molar-refractivity contribution in [3.05, 3.63) is 48.3 Å². The van der Waals surface area contributed by atoms with Crippen LogP contribution in [-0.4, -0.2) is 44.9 Å². The number of carbonyl (C=O) groups excluding carboxylic acids is 2. The van der Waals surface area contributed by atoms with Crippen molar-refractivity contribution in [3.63, 3.8) is 0 Å². The maximum Gasteiger partial charge on any atom is 0.251 e. The summed E-state index contributed by atoms with van der Waals surface area (Å²) >= 11 is 0. The summed E-state index contributed by atoms with van der Waals surface area (Å²) in [4.78, 5) is 28.2. The van der Waals surface area contributed by atoms with Crippen LogP contribution in [0.15, 0.2) is 47.6 Å². The van der Waals surface area contributed by atoms with E-state index in [0.29, 0.717) is 5.69 Å². The molecular weight excluding hydrogens is 408 g/mol. The Labute approximate surface area is 175 Å². The van der Waals surface area contributed by atoms with Crippen molar-refractivity contribution in [2.24, 2.45) is 0 Å². The van der Waals surface area contributed by atoms with Crippen LogP contribution in [0, 0.1) is 0 Å². The number of anilines is 1. The highest BCUT2D eigenvalue weighted by atomic mass is 32.2. The molecule has 1 aromatic heterocycles. The van der Waals surface area contributed by atoms with E-state index in [-0.39, 0.29) is 28.8 Å². The Morgan fingerprint density at radius 1 is 1.20 bits per heavy atom. The molecule has 0 spiro atoms. The number of aromatic nitrogens is 1. The topological polar surface area (TPSA) is 126 Å². The molecule has 1 heterocycles. The zero-order valence-corrected chi connectivity index (χ0v) is 17.4. The fourth-order valence-corrected chi connectivity index (χ4v) is 4.76. The number of nitrogens with zero attached hydrogens (tertiary/aromatic N) is 1. The molecule has 0 unspecified atom stereocenters. The Morgan fingerprint density at radius 2 is 1.97 bits per heavy atom. The molecule has 2 amide bonds. The summed E-state index contributed by atoms with van der Waals surface area (Å²) in [5, 5.41) is 5.08. The van der Waals surface area contributed by atoms with Gasteiger partial charge in [-0.3, -0.25) is 14.6 Å². The Balaban J connectivity index is 1.68. The van der Waals surface area contributed by atoms with Crippen LogP contribution in [0.5, 0.6) is 5.75 Å². The van der Waals surface area contributed by atoms with Gasteiger partial charge in [0.2, 0.25) is 15.9 Å². The van der Waals surface area contributed by atoms with Crippen molar-refractivity contribution in [3.8, 4) is 5.75 Å². The molecule has 0 atom stereocenters. The monoisotopic (exact) mass is 432 g/mol. The first-order chi connectivity index (χ1) is 14.4. The third-order valence-electron chi connectivity index (χ3n) is 4.75. The van der Waals surface area contributed by atoms with Gasteiger partial charge in [-0.1, -0.05) is 12.8 Å². The lowest BCUT2D eigenvalue weighted by Gasteiger charge is -2.15. The van der Waals surface area contributed by atoms with Crippen LogP contribution in [0.25, 0.3) is 0 Å². The number of methoxy groups -OCH3 is 1. The van der Waals surface area contributed by atoms with E-state index in [2.05, 4.69) is 20.3 Å². The molecule has 0 bridgehead atoms. The molecule has 160 valence electrons. The van der Waals surface area contributed by atoms with E-state index in [4.69, 9.17) is 4.74 Å². The number of hydrogen-bond donors (Lipinski definition) is 3. The van der Waals surface area contributed by atoms with Crippen LogP contribution in [0.4, 0.5) is 5.69 Å². The van der Waals surface area contributed by atoms with Gasteiger partial charge in [0.05, 0.1) is 25.5 Å². The van der Waals surface area contributed by atoms with Gasteiger partial charge in [0.1, 0.15) is 10.6 Å². The van der Waals surface area contributed by atoms with E-state index < -0.39 is 21.8 Å². The molecule has 3 rings (SSSR count). The number of amides is 2. The minimum absolute atomic E-state index is 0.107. The number of rotatable bonds is 8. The summed E-state index contributed by atoms with van der Waals surface area (Å²) in [7, 11) is -2.49. The van der Waals surface area contributed by atoms with Crippen molar-refractivity contribution in [1.82, 2.24) is 15.0 Å². The Morgan fingerprint density at radius 3 is 2.63 bits per heavy atom. The number of pyridine rings is 1.